The highest BCUT2D eigenvalue weighted by Gasteiger charge is 2.09. The number of anilines is 2. The van der Waals surface area contributed by atoms with Crippen LogP contribution in [0.3, 0.4) is 0 Å². The largest absolute Gasteiger partial charge is 0.338 e. The third-order valence-electron chi connectivity index (χ3n) is 3.28. The number of rotatable bonds is 2. The number of benzene rings is 1. The van der Waals surface area contributed by atoms with Crippen LogP contribution in [0.2, 0.25) is 0 Å². The third-order valence-corrected chi connectivity index (χ3v) is 3.28. The molecule has 2 aromatic heterocycles. The van der Waals surface area contributed by atoms with Crippen LogP contribution in [0.15, 0.2) is 24.5 Å². The molecule has 0 aliphatic carbocycles. The highest BCUT2D eigenvalue weighted by Crippen LogP contribution is 2.23. The molecule has 2 heterocycles. The van der Waals surface area contributed by atoms with Crippen LogP contribution < -0.4 is 5.32 Å². The van der Waals surface area contributed by atoms with Crippen LogP contribution in [0.5, 0.6) is 0 Å². The molecular weight excluding hydrogens is 238 g/mol. The Morgan fingerprint density at radius 1 is 1.00 bits per heavy atom. The first kappa shape index (κ1) is 11.6. The van der Waals surface area contributed by atoms with Crippen molar-refractivity contribution < 1.29 is 0 Å². The van der Waals surface area contributed by atoms with Gasteiger partial charge in [0.05, 0.1) is 5.69 Å². The van der Waals surface area contributed by atoms with E-state index in [0.29, 0.717) is 0 Å². The maximum Gasteiger partial charge on any atom is 0.162 e. The molecule has 0 saturated carbocycles. The SMILES string of the molecule is Cc1ccc(Nc2ncnc3c(C)[nH]nc23)cc1C. The average Bonchev–Trinajstić information content (AvgIpc) is 2.77. The lowest BCUT2D eigenvalue weighted by Crippen LogP contribution is -1.96. The van der Waals surface area contributed by atoms with Gasteiger partial charge in [0.15, 0.2) is 11.3 Å². The van der Waals surface area contributed by atoms with Gasteiger partial charge >= 0.3 is 0 Å². The van der Waals surface area contributed by atoms with E-state index in [9.17, 15) is 0 Å². The van der Waals surface area contributed by atoms with Crippen molar-refractivity contribution in [3.63, 3.8) is 0 Å². The molecule has 0 unspecified atom stereocenters. The molecule has 0 amide bonds. The second kappa shape index (κ2) is 4.35. The first-order valence-electron chi connectivity index (χ1n) is 6.15. The Bertz CT molecular complexity index is 745. The Kier molecular flexibility index (Phi) is 2.67. The van der Waals surface area contributed by atoms with E-state index < -0.39 is 0 Å². The summed E-state index contributed by atoms with van der Waals surface area (Å²) < 4.78 is 0. The minimum Gasteiger partial charge on any atom is -0.338 e. The van der Waals surface area contributed by atoms with Gasteiger partial charge in [-0.25, -0.2) is 9.97 Å². The summed E-state index contributed by atoms with van der Waals surface area (Å²) in [6, 6.07) is 6.23. The molecule has 96 valence electrons. The molecule has 0 aliphatic rings. The molecule has 0 spiro atoms. The van der Waals surface area contributed by atoms with Crippen molar-refractivity contribution >= 4 is 22.5 Å². The summed E-state index contributed by atoms with van der Waals surface area (Å²) in [6.07, 6.45) is 1.55. The predicted octanol–water partition coefficient (Wildman–Crippen LogP) is 3.02. The van der Waals surface area contributed by atoms with Crippen molar-refractivity contribution in [3.05, 3.63) is 41.3 Å². The molecule has 5 heteroatoms. The van der Waals surface area contributed by atoms with Crippen molar-refractivity contribution in [2.75, 3.05) is 5.32 Å². The smallest absolute Gasteiger partial charge is 0.162 e. The minimum atomic E-state index is 0.720. The standard InChI is InChI=1S/C14H15N5/c1-8-4-5-11(6-9(8)2)17-14-13-12(15-7-16-14)10(3)18-19-13/h4-7H,1-3H3,(H,18,19)(H,15,16,17). The van der Waals surface area contributed by atoms with Crippen molar-refractivity contribution in [1.29, 1.82) is 0 Å². The van der Waals surface area contributed by atoms with Crippen LogP contribution in [-0.2, 0) is 0 Å². The summed E-state index contributed by atoms with van der Waals surface area (Å²) in [4.78, 5) is 8.49. The summed E-state index contributed by atoms with van der Waals surface area (Å²) in [5.41, 5.74) is 6.08. The van der Waals surface area contributed by atoms with Gasteiger partial charge in [-0.15, -0.1) is 0 Å². The zero-order chi connectivity index (χ0) is 13.4. The lowest BCUT2D eigenvalue weighted by Gasteiger charge is -2.08. The normalized spacial score (nSPS) is 10.9. The van der Waals surface area contributed by atoms with Gasteiger partial charge in [0.1, 0.15) is 11.8 Å². The molecule has 0 atom stereocenters. The lowest BCUT2D eigenvalue weighted by atomic mass is 10.1. The number of nitrogens with zero attached hydrogens (tertiary/aromatic N) is 3. The average molecular weight is 253 g/mol. The number of aromatic nitrogens is 4. The molecule has 0 aliphatic heterocycles. The molecule has 1 aromatic carbocycles. The summed E-state index contributed by atoms with van der Waals surface area (Å²) >= 11 is 0. The highest BCUT2D eigenvalue weighted by atomic mass is 15.2. The Balaban J connectivity index is 2.03. The van der Waals surface area contributed by atoms with Gasteiger partial charge in [0, 0.05) is 5.69 Å². The number of nitrogens with one attached hydrogen (secondary N) is 2. The van der Waals surface area contributed by atoms with Gasteiger partial charge in [-0.1, -0.05) is 6.07 Å². The Morgan fingerprint density at radius 2 is 1.84 bits per heavy atom. The zero-order valence-electron chi connectivity index (χ0n) is 11.2. The van der Waals surface area contributed by atoms with Crippen LogP contribution in [0.4, 0.5) is 11.5 Å². The van der Waals surface area contributed by atoms with Crippen molar-refractivity contribution in [3.8, 4) is 0 Å². The highest BCUT2D eigenvalue weighted by molar-refractivity contribution is 5.88. The Labute approximate surface area is 111 Å². The van der Waals surface area contributed by atoms with Crippen LogP contribution in [0.25, 0.3) is 11.0 Å². The van der Waals surface area contributed by atoms with Crippen LogP contribution in [-0.4, -0.2) is 20.2 Å². The van der Waals surface area contributed by atoms with E-state index in [4.69, 9.17) is 0 Å². The number of hydrogen-bond acceptors (Lipinski definition) is 4. The molecule has 5 nitrogen and oxygen atoms in total. The first-order valence-corrected chi connectivity index (χ1v) is 6.15. The van der Waals surface area contributed by atoms with E-state index >= 15 is 0 Å². The lowest BCUT2D eigenvalue weighted by molar-refractivity contribution is 1.07. The molecular formula is C14H15N5. The van der Waals surface area contributed by atoms with Crippen molar-refractivity contribution in [2.24, 2.45) is 0 Å². The topological polar surface area (TPSA) is 66.5 Å². The van der Waals surface area contributed by atoms with Gasteiger partial charge in [-0.3, -0.25) is 5.10 Å². The summed E-state index contributed by atoms with van der Waals surface area (Å²) in [5, 5.41) is 10.5. The first-order chi connectivity index (χ1) is 9.15. The number of fused-ring (bicyclic) bond motifs is 1. The molecule has 0 bridgehead atoms. The summed E-state index contributed by atoms with van der Waals surface area (Å²) in [5.74, 6) is 0.720. The fraction of sp³-hybridized carbons (Fsp3) is 0.214. The van der Waals surface area contributed by atoms with E-state index in [0.717, 1.165) is 28.2 Å². The van der Waals surface area contributed by atoms with E-state index in [1.165, 1.54) is 11.1 Å². The molecule has 0 fully saturated rings. The van der Waals surface area contributed by atoms with Crippen molar-refractivity contribution in [2.45, 2.75) is 20.8 Å². The zero-order valence-corrected chi connectivity index (χ0v) is 11.2. The monoisotopic (exact) mass is 253 g/mol. The predicted molar refractivity (Wildman–Crippen MR) is 75.6 cm³/mol. The van der Waals surface area contributed by atoms with Gasteiger partial charge in [-0.2, -0.15) is 5.10 Å². The summed E-state index contributed by atoms with van der Waals surface area (Å²) in [7, 11) is 0. The molecule has 2 N–H and O–H groups in total. The van der Waals surface area contributed by atoms with Gasteiger partial charge < -0.3 is 5.32 Å². The molecule has 19 heavy (non-hydrogen) atoms. The maximum absolute atomic E-state index is 4.26. The molecule has 0 saturated heterocycles. The van der Waals surface area contributed by atoms with Gasteiger partial charge in [0.25, 0.3) is 0 Å². The number of hydrogen-bond donors (Lipinski definition) is 2. The van der Waals surface area contributed by atoms with Crippen molar-refractivity contribution in [1.82, 2.24) is 20.2 Å². The minimum absolute atomic E-state index is 0.720. The summed E-state index contributed by atoms with van der Waals surface area (Å²) in [6.45, 7) is 6.13. The second-order valence-electron chi connectivity index (χ2n) is 4.69. The number of aryl methyl sites for hydroxylation is 3. The van der Waals surface area contributed by atoms with E-state index in [1.54, 1.807) is 6.33 Å². The molecule has 3 rings (SSSR count). The fourth-order valence-corrected chi connectivity index (χ4v) is 2.00. The van der Waals surface area contributed by atoms with Crippen LogP contribution in [0, 0.1) is 20.8 Å². The third kappa shape index (κ3) is 2.03. The van der Waals surface area contributed by atoms with Crippen LogP contribution in [0.1, 0.15) is 16.8 Å². The van der Waals surface area contributed by atoms with E-state index in [2.05, 4.69) is 51.5 Å². The fourth-order valence-electron chi connectivity index (χ4n) is 2.00. The van der Waals surface area contributed by atoms with Crippen LogP contribution >= 0.6 is 0 Å². The number of H-pyrrole nitrogens is 1. The Morgan fingerprint density at radius 3 is 2.63 bits per heavy atom. The number of aromatic amines is 1. The van der Waals surface area contributed by atoms with E-state index in [1.807, 2.05) is 13.0 Å². The molecule has 3 aromatic rings. The maximum atomic E-state index is 4.26. The van der Waals surface area contributed by atoms with E-state index in [-0.39, 0.29) is 0 Å². The van der Waals surface area contributed by atoms with Gasteiger partial charge in [-0.05, 0) is 44.0 Å². The molecule has 0 radical (unpaired) electrons. The quantitative estimate of drug-likeness (QED) is 0.736. The second-order valence-corrected chi connectivity index (χ2v) is 4.69. The van der Waals surface area contributed by atoms with Gasteiger partial charge in [0.2, 0.25) is 0 Å². The Hall–Kier alpha value is -2.43.